The van der Waals surface area contributed by atoms with Gasteiger partial charge in [-0.15, -0.1) is 11.8 Å². The van der Waals surface area contributed by atoms with Gasteiger partial charge in [0.25, 0.3) is 0 Å². The molecule has 1 saturated heterocycles. The van der Waals surface area contributed by atoms with Gasteiger partial charge >= 0.3 is 0 Å². The van der Waals surface area contributed by atoms with E-state index in [0.717, 1.165) is 12.1 Å². The maximum Gasteiger partial charge on any atom is 0.236 e. The highest BCUT2D eigenvalue weighted by atomic mass is 35.5. The lowest BCUT2D eigenvalue weighted by Gasteiger charge is -2.24. The second-order valence-corrected chi connectivity index (χ2v) is 6.68. The predicted molar refractivity (Wildman–Crippen MR) is 81.9 cm³/mol. The normalized spacial score (nSPS) is 23.2. The van der Waals surface area contributed by atoms with Crippen molar-refractivity contribution in [1.29, 1.82) is 0 Å². The van der Waals surface area contributed by atoms with Crippen molar-refractivity contribution >= 4 is 40.9 Å². The summed E-state index contributed by atoms with van der Waals surface area (Å²) in [4.78, 5) is 14.1. The average molecular weight is 319 g/mol. The number of halogens is 2. The lowest BCUT2D eigenvalue weighted by atomic mass is 10.2. The summed E-state index contributed by atoms with van der Waals surface area (Å²) >= 11 is 13.6. The molecule has 1 aromatic carbocycles. The zero-order valence-corrected chi connectivity index (χ0v) is 13.1. The maximum atomic E-state index is 12.2. The van der Waals surface area contributed by atoms with E-state index in [9.17, 15) is 4.79 Å². The molecule has 3 nitrogen and oxygen atoms in total. The number of carbonyl (C=O) groups excluding carboxylic acids is 1. The van der Waals surface area contributed by atoms with E-state index in [1.54, 1.807) is 17.8 Å². The van der Waals surface area contributed by atoms with E-state index in [0.29, 0.717) is 16.6 Å². The number of rotatable bonds is 4. The summed E-state index contributed by atoms with van der Waals surface area (Å²) in [5.74, 6) is 0.177. The van der Waals surface area contributed by atoms with E-state index in [1.807, 2.05) is 31.0 Å². The summed E-state index contributed by atoms with van der Waals surface area (Å²) in [5.41, 5.74) is 1.02. The van der Waals surface area contributed by atoms with Crippen molar-refractivity contribution < 1.29 is 4.79 Å². The van der Waals surface area contributed by atoms with Crippen LogP contribution in [0.3, 0.4) is 0 Å². The molecule has 1 aliphatic rings. The summed E-state index contributed by atoms with van der Waals surface area (Å²) in [5, 5.41) is 4.14. The Balaban J connectivity index is 2.25. The average Bonchev–Trinajstić information content (AvgIpc) is 2.67. The van der Waals surface area contributed by atoms with Crippen LogP contribution >= 0.6 is 35.0 Å². The van der Waals surface area contributed by atoms with Gasteiger partial charge in [-0.05, 0) is 31.7 Å². The zero-order chi connectivity index (χ0) is 14.0. The van der Waals surface area contributed by atoms with Crippen LogP contribution in [0, 0.1) is 0 Å². The quantitative estimate of drug-likeness (QED) is 0.925. The molecule has 1 amide bonds. The summed E-state index contributed by atoms with van der Waals surface area (Å²) in [6, 6.07) is 5.56. The zero-order valence-electron chi connectivity index (χ0n) is 10.8. The Morgan fingerprint density at radius 1 is 1.37 bits per heavy atom. The van der Waals surface area contributed by atoms with Crippen molar-refractivity contribution in [3.63, 3.8) is 0 Å². The molecule has 0 spiro atoms. The largest absolute Gasteiger partial charge is 0.324 e. The van der Waals surface area contributed by atoms with Gasteiger partial charge in [0.1, 0.15) is 5.37 Å². The number of amides is 1. The third-order valence-corrected chi connectivity index (χ3v) is 5.21. The van der Waals surface area contributed by atoms with Crippen LogP contribution in [-0.4, -0.2) is 36.2 Å². The van der Waals surface area contributed by atoms with Crippen LogP contribution in [0.4, 0.5) is 0 Å². The number of hydrogen-bond donors (Lipinski definition) is 1. The van der Waals surface area contributed by atoms with Gasteiger partial charge < -0.3 is 10.2 Å². The highest BCUT2D eigenvalue weighted by Gasteiger charge is 2.38. The molecule has 0 saturated carbocycles. The fourth-order valence-corrected chi connectivity index (χ4v) is 3.66. The Morgan fingerprint density at radius 3 is 2.74 bits per heavy atom. The summed E-state index contributed by atoms with van der Waals surface area (Å²) < 4.78 is 0. The van der Waals surface area contributed by atoms with E-state index in [-0.39, 0.29) is 16.5 Å². The maximum absolute atomic E-state index is 12.2. The Labute approximate surface area is 127 Å². The van der Waals surface area contributed by atoms with Gasteiger partial charge in [0, 0.05) is 13.1 Å². The third-order valence-electron chi connectivity index (χ3n) is 3.08. The summed E-state index contributed by atoms with van der Waals surface area (Å²) in [7, 11) is 1.88. The first kappa shape index (κ1) is 15.0. The SMILES string of the molecule is CNCCN1C(=O)[C@@H](C)S[C@@H]1c1ccc(Cl)c(Cl)c1. The second-order valence-electron chi connectivity index (χ2n) is 4.44. The van der Waals surface area contributed by atoms with Gasteiger partial charge in [-0.2, -0.15) is 0 Å². The van der Waals surface area contributed by atoms with E-state index >= 15 is 0 Å². The number of benzene rings is 1. The molecule has 0 bridgehead atoms. The number of thioether (sulfide) groups is 1. The molecule has 19 heavy (non-hydrogen) atoms. The monoisotopic (exact) mass is 318 g/mol. The first-order valence-electron chi connectivity index (χ1n) is 6.10. The standard InChI is InChI=1S/C13H16Cl2N2OS/c1-8-12(18)17(6-5-16-2)13(19-8)9-3-4-10(14)11(15)7-9/h3-4,7-8,13,16H,5-6H2,1-2H3/t8-,13-/m1/s1. The van der Waals surface area contributed by atoms with Crippen LogP contribution in [0.2, 0.25) is 10.0 Å². The minimum Gasteiger partial charge on any atom is -0.324 e. The minimum absolute atomic E-state index is 0.0173. The number of likely N-dealkylation sites (N-methyl/N-ethyl adjacent to an activating group) is 1. The van der Waals surface area contributed by atoms with Crippen molar-refractivity contribution in [3.05, 3.63) is 33.8 Å². The van der Waals surface area contributed by atoms with Crippen LogP contribution in [0.1, 0.15) is 17.9 Å². The lowest BCUT2D eigenvalue weighted by molar-refractivity contribution is -0.129. The molecule has 1 fully saturated rings. The van der Waals surface area contributed by atoms with Crippen molar-refractivity contribution in [2.45, 2.75) is 17.5 Å². The van der Waals surface area contributed by atoms with Gasteiger partial charge in [0.05, 0.1) is 15.3 Å². The molecule has 1 aromatic rings. The fourth-order valence-electron chi connectivity index (χ4n) is 2.06. The first-order chi connectivity index (χ1) is 9.04. The molecular weight excluding hydrogens is 303 g/mol. The number of carbonyl (C=O) groups is 1. The van der Waals surface area contributed by atoms with Crippen molar-refractivity contribution in [2.75, 3.05) is 20.1 Å². The van der Waals surface area contributed by atoms with Crippen molar-refractivity contribution in [1.82, 2.24) is 10.2 Å². The molecule has 1 heterocycles. The van der Waals surface area contributed by atoms with E-state index in [2.05, 4.69) is 5.32 Å². The van der Waals surface area contributed by atoms with Gasteiger partial charge in [-0.25, -0.2) is 0 Å². The smallest absolute Gasteiger partial charge is 0.236 e. The van der Waals surface area contributed by atoms with Crippen molar-refractivity contribution in [3.8, 4) is 0 Å². The lowest BCUT2D eigenvalue weighted by Crippen LogP contribution is -2.35. The summed E-state index contributed by atoms with van der Waals surface area (Å²) in [6.45, 7) is 3.41. The van der Waals surface area contributed by atoms with Crippen LogP contribution in [-0.2, 0) is 4.79 Å². The van der Waals surface area contributed by atoms with E-state index < -0.39 is 0 Å². The van der Waals surface area contributed by atoms with Crippen LogP contribution in [0.5, 0.6) is 0 Å². The van der Waals surface area contributed by atoms with Gasteiger partial charge in [0.2, 0.25) is 5.91 Å². The fraction of sp³-hybridized carbons (Fsp3) is 0.462. The highest BCUT2D eigenvalue weighted by Crippen LogP contribution is 2.43. The molecule has 1 N–H and O–H groups in total. The summed E-state index contributed by atoms with van der Waals surface area (Å²) in [6.07, 6.45) is 0. The first-order valence-corrected chi connectivity index (χ1v) is 7.80. The van der Waals surface area contributed by atoms with Crippen LogP contribution < -0.4 is 5.32 Å². The molecule has 2 atom stereocenters. The topological polar surface area (TPSA) is 32.3 Å². The third kappa shape index (κ3) is 3.19. The van der Waals surface area contributed by atoms with Crippen LogP contribution in [0.25, 0.3) is 0 Å². The number of hydrogen-bond acceptors (Lipinski definition) is 3. The van der Waals surface area contributed by atoms with Crippen LogP contribution in [0.15, 0.2) is 18.2 Å². The van der Waals surface area contributed by atoms with Gasteiger partial charge in [-0.1, -0.05) is 29.3 Å². The predicted octanol–water partition coefficient (Wildman–Crippen LogP) is 3.18. The molecule has 1 aliphatic heterocycles. The molecular formula is C13H16Cl2N2OS. The van der Waals surface area contributed by atoms with Crippen molar-refractivity contribution in [2.24, 2.45) is 0 Å². The molecule has 0 aliphatic carbocycles. The van der Waals surface area contributed by atoms with E-state index in [1.165, 1.54) is 0 Å². The molecule has 0 radical (unpaired) electrons. The molecule has 0 aromatic heterocycles. The Hall–Kier alpha value is -0.420. The Morgan fingerprint density at radius 2 is 2.11 bits per heavy atom. The molecule has 6 heteroatoms. The highest BCUT2D eigenvalue weighted by molar-refractivity contribution is 8.01. The molecule has 104 valence electrons. The Kier molecular flexibility index (Phi) is 5.01. The Bertz CT molecular complexity index is 484. The minimum atomic E-state index is -0.0173. The molecule has 2 rings (SSSR count). The number of nitrogens with one attached hydrogen (secondary N) is 1. The van der Waals surface area contributed by atoms with Gasteiger partial charge in [0.15, 0.2) is 0 Å². The molecule has 0 unspecified atom stereocenters. The van der Waals surface area contributed by atoms with Gasteiger partial charge in [-0.3, -0.25) is 4.79 Å². The van der Waals surface area contributed by atoms with E-state index in [4.69, 9.17) is 23.2 Å². The number of nitrogens with zero attached hydrogens (tertiary/aromatic N) is 1. The second kappa shape index (κ2) is 6.35.